The molecule has 1 saturated carbocycles. The molecule has 0 spiro atoms. The number of carbonyl (C=O) groups excluding carboxylic acids is 1. The lowest BCUT2D eigenvalue weighted by molar-refractivity contribution is -0.116. The molecule has 1 aliphatic carbocycles. The highest BCUT2D eigenvalue weighted by Gasteiger charge is 2.28. The van der Waals surface area contributed by atoms with Crippen molar-refractivity contribution >= 4 is 22.5 Å². The molecular formula is C29H31N5O2. The molecular weight excluding hydrogens is 450 g/mol. The van der Waals surface area contributed by atoms with Crippen LogP contribution in [0.2, 0.25) is 0 Å². The summed E-state index contributed by atoms with van der Waals surface area (Å²) in [6, 6.07) is 16.7. The number of rotatable bonds is 9. The van der Waals surface area contributed by atoms with Crippen LogP contribution < -0.4 is 10.1 Å². The lowest BCUT2D eigenvalue weighted by Gasteiger charge is -2.30. The maximum Gasteiger partial charge on any atom is 0.224 e. The molecule has 4 aromatic rings. The van der Waals surface area contributed by atoms with Crippen LogP contribution in [0.15, 0.2) is 61.2 Å². The number of hydrogen-bond donors (Lipinski definition) is 1. The Bertz CT molecular complexity index is 1390. The van der Waals surface area contributed by atoms with E-state index in [1.54, 1.807) is 12.5 Å². The van der Waals surface area contributed by atoms with E-state index < -0.39 is 0 Å². The maximum absolute atomic E-state index is 12.2. The number of hydrogen-bond acceptors (Lipinski definition) is 4. The second-order valence-electron chi connectivity index (χ2n) is 9.84. The number of aromatic nitrogens is 3. The third-order valence-corrected chi connectivity index (χ3v) is 6.74. The summed E-state index contributed by atoms with van der Waals surface area (Å²) in [6.07, 6.45) is 9.32. The van der Waals surface area contributed by atoms with Crippen molar-refractivity contribution < 1.29 is 9.53 Å². The number of amides is 1. The largest absolute Gasteiger partial charge is 0.492 e. The third-order valence-electron chi connectivity index (χ3n) is 6.74. The molecule has 0 bridgehead atoms. The molecule has 1 fully saturated rings. The van der Waals surface area contributed by atoms with Crippen molar-refractivity contribution in [1.82, 2.24) is 14.1 Å². The highest BCUT2D eigenvalue weighted by Crippen LogP contribution is 2.43. The highest BCUT2D eigenvalue weighted by molar-refractivity contribution is 5.96. The van der Waals surface area contributed by atoms with E-state index in [0.29, 0.717) is 30.6 Å². The van der Waals surface area contributed by atoms with Crippen LogP contribution in [-0.4, -0.2) is 26.6 Å². The first-order valence-corrected chi connectivity index (χ1v) is 12.6. The van der Waals surface area contributed by atoms with E-state index in [2.05, 4.69) is 27.0 Å². The normalized spacial score (nSPS) is 13.5. The van der Waals surface area contributed by atoms with Crippen LogP contribution in [0.1, 0.15) is 51.1 Å². The summed E-state index contributed by atoms with van der Waals surface area (Å²) in [6.45, 7) is 5.31. The van der Waals surface area contributed by atoms with E-state index in [1.165, 1.54) is 6.42 Å². The van der Waals surface area contributed by atoms with Gasteiger partial charge in [-0.05, 0) is 55.0 Å². The van der Waals surface area contributed by atoms with Gasteiger partial charge >= 0.3 is 0 Å². The van der Waals surface area contributed by atoms with Gasteiger partial charge in [-0.25, -0.2) is 4.98 Å². The molecule has 2 aromatic heterocycles. The molecule has 1 N–H and O–H groups in total. The van der Waals surface area contributed by atoms with Gasteiger partial charge in [0.25, 0.3) is 0 Å². The second kappa shape index (κ2) is 10.3. The van der Waals surface area contributed by atoms with E-state index in [-0.39, 0.29) is 5.91 Å². The van der Waals surface area contributed by atoms with E-state index in [9.17, 15) is 10.1 Å². The average Bonchev–Trinajstić information content (AvgIpc) is 3.44. The van der Waals surface area contributed by atoms with E-state index in [1.807, 2.05) is 61.0 Å². The summed E-state index contributed by atoms with van der Waals surface area (Å²) in [4.78, 5) is 16.3. The minimum Gasteiger partial charge on any atom is -0.492 e. The predicted octanol–water partition coefficient (Wildman–Crippen LogP) is 6.17. The van der Waals surface area contributed by atoms with E-state index >= 15 is 0 Å². The number of nitrogens with zero attached hydrogens (tertiary/aromatic N) is 4. The number of anilines is 1. The van der Waals surface area contributed by atoms with Crippen molar-refractivity contribution in [3.8, 4) is 23.1 Å². The van der Waals surface area contributed by atoms with Crippen LogP contribution >= 0.6 is 0 Å². The zero-order valence-electron chi connectivity index (χ0n) is 20.8. The van der Waals surface area contributed by atoms with Crippen molar-refractivity contribution in [2.45, 2.75) is 52.1 Å². The summed E-state index contributed by atoms with van der Waals surface area (Å²) in [7, 11) is 0. The first-order chi connectivity index (χ1) is 17.5. The first kappa shape index (κ1) is 23.7. The fourth-order valence-electron chi connectivity index (χ4n) is 4.78. The molecule has 2 heterocycles. The van der Waals surface area contributed by atoms with Crippen molar-refractivity contribution in [1.29, 1.82) is 5.26 Å². The van der Waals surface area contributed by atoms with Crippen molar-refractivity contribution in [3.05, 3.63) is 66.7 Å². The van der Waals surface area contributed by atoms with Crippen LogP contribution in [0.25, 0.3) is 22.2 Å². The van der Waals surface area contributed by atoms with Gasteiger partial charge in [-0.1, -0.05) is 26.0 Å². The summed E-state index contributed by atoms with van der Waals surface area (Å²) >= 11 is 0. The number of nitrogens with one attached hydrogen (secondary N) is 1. The lowest BCUT2D eigenvalue weighted by atomic mass is 9.92. The fourth-order valence-corrected chi connectivity index (χ4v) is 4.78. The smallest absolute Gasteiger partial charge is 0.224 e. The number of carbonyl (C=O) groups is 1. The zero-order valence-corrected chi connectivity index (χ0v) is 20.8. The Morgan fingerprint density at radius 2 is 2.03 bits per heavy atom. The molecule has 0 radical (unpaired) electrons. The lowest BCUT2D eigenvalue weighted by Crippen LogP contribution is -2.18. The van der Waals surface area contributed by atoms with Crippen LogP contribution in [0.5, 0.6) is 5.75 Å². The topological polar surface area (TPSA) is 84.9 Å². The van der Waals surface area contributed by atoms with Gasteiger partial charge in [0.15, 0.2) is 0 Å². The molecule has 0 aliphatic heterocycles. The summed E-state index contributed by atoms with van der Waals surface area (Å²) in [5.74, 6) is 1.11. The summed E-state index contributed by atoms with van der Waals surface area (Å²) in [5.41, 5.74) is 4.38. The Hall–Kier alpha value is -4.05. The number of nitriles is 1. The van der Waals surface area contributed by atoms with Gasteiger partial charge in [-0.3, -0.25) is 4.79 Å². The molecule has 1 aliphatic rings. The number of ether oxygens (including phenoxy) is 1. The van der Waals surface area contributed by atoms with Crippen LogP contribution in [0.4, 0.5) is 5.69 Å². The van der Waals surface area contributed by atoms with Gasteiger partial charge < -0.3 is 19.2 Å². The second-order valence-corrected chi connectivity index (χ2v) is 9.84. The Morgan fingerprint density at radius 1 is 1.22 bits per heavy atom. The molecule has 0 atom stereocenters. The van der Waals surface area contributed by atoms with Crippen LogP contribution in [0.3, 0.4) is 0 Å². The van der Waals surface area contributed by atoms with Crippen LogP contribution in [-0.2, 0) is 11.3 Å². The minimum absolute atomic E-state index is 0.0135. The highest BCUT2D eigenvalue weighted by atomic mass is 16.5. The van der Waals surface area contributed by atoms with E-state index in [4.69, 9.17) is 4.74 Å². The fraction of sp³-hybridized carbons (Fsp3) is 0.345. The third kappa shape index (κ3) is 4.85. The number of benzene rings is 2. The Balaban J connectivity index is 1.47. The van der Waals surface area contributed by atoms with Gasteiger partial charge in [0.2, 0.25) is 5.91 Å². The van der Waals surface area contributed by atoms with Gasteiger partial charge in [0.05, 0.1) is 29.6 Å². The predicted molar refractivity (Wildman–Crippen MR) is 141 cm³/mol. The summed E-state index contributed by atoms with van der Waals surface area (Å²) in [5, 5.41) is 14.1. The number of imidazole rings is 1. The molecule has 184 valence electrons. The Kier molecular flexibility index (Phi) is 6.77. The van der Waals surface area contributed by atoms with Crippen molar-refractivity contribution in [3.63, 3.8) is 0 Å². The summed E-state index contributed by atoms with van der Waals surface area (Å²) < 4.78 is 10.4. The SMILES string of the molecule is CC(C)CC(=O)Nc1ccc(-c2c(C#N)c3ccc(OCCn4ccnc4)cc3n2C2CCC2)cc1. The molecule has 7 heteroatoms. The molecule has 5 rings (SSSR count). The Labute approximate surface area is 211 Å². The quantitative estimate of drug-likeness (QED) is 0.310. The van der Waals surface area contributed by atoms with Gasteiger partial charge in [0.1, 0.15) is 18.4 Å². The standard InChI is InChI=1S/C29H31N5O2/c1-20(2)16-28(35)32-22-8-6-21(7-9-22)29-26(18-30)25-11-10-24(36-15-14-33-13-12-31-19-33)17-27(25)34(29)23-4-3-5-23/h6-13,17,19-20,23H,3-5,14-16H2,1-2H3,(H,32,35). The van der Waals surface area contributed by atoms with Gasteiger partial charge in [-0.2, -0.15) is 5.26 Å². The van der Waals surface area contributed by atoms with E-state index in [0.717, 1.165) is 53.0 Å². The van der Waals surface area contributed by atoms with Gasteiger partial charge in [-0.15, -0.1) is 0 Å². The molecule has 7 nitrogen and oxygen atoms in total. The van der Waals surface area contributed by atoms with Crippen molar-refractivity contribution in [2.75, 3.05) is 11.9 Å². The molecule has 1 amide bonds. The first-order valence-electron chi connectivity index (χ1n) is 12.6. The number of fused-ring (bicyclic) bond motifs is 1. The maximum atomic E-state index is 12.2. The van der Waals surface area contributed by atoms with Crippen molar-refractivity contribution in [2.24, 2.45) is 5.92 Å². The monoisotopic (exact) mass is 481 g/mol. The van der Waals surface area contributed by atoms with Gasteiger partial charge in [0, 0.05) is 42.0 Å². The molecule has 0 saturated heterocycles. The minimum atomic E-state index is 0.0135. The average molecular weight is 482 g/mol. The Morgan fingerprint density at radius 3 is 2.67 bits per heavy atom. The molecule has 36 heavy (non-hydrogen) atoms. The zero-order chi connectivity index (χ0) is 25.1. The molecule has 0 unspecified atom stereocenters. The van der Waals surface area contributed by atoms with Crippen LogP contribution in [0, 0.1) is 17.2 Å². The molecule has 2 aromatic carbocycles.